The summed E-state index contributed by atoms with van der Waals surface area (Å²) in [5.74, 6) is 0.203. The third-order valence-corrected chi connectivity index (χ3v) is 2.06. The highest BCUT2D eigenvalue weighted by Gasteiger charge is 2.10. The van der Waals surface area contributed by atoms with Crippen molar-refractivity contribution in [1.29, 1.82) is 0 Å². The van der Waals surface area contributed by atoms with E-state index in [0.29, 0.717) is 17.1 Å². The molecule has 0 aliphatic heterocycles. The molecule has 2 rings (SSSR count). The van der Waals surface area contributed by atoms with Crippen molar-refractivity contribution in [3.63, 3.8) is 0 Å². The Kier molecular flexibility index (Phi) is 2.37. The van der Waals surface area contributed by atoms with E-state index in [0.717, 1.165) is 0 Å². The van der Waals surface area contributed by atoms with Gasteiger partial charge in [0.1, 0.15) is 5.82 Å². The summed E-state index contributed by atoms with van der Waals surface area (Å²) in [6.07, 6.45) is 1.61. The Bertz CT molecular complexity index is 478. The highest BCUT2D eigenvalue weighted by Crippen LogP contribution is 2.20. The molecule has 0 saturated heterocycles. The summed E-state index contributed by atoms with van der Waals surface area (Å²) in [7, 11) is 3.44. The van der Waals surface area contributed by atoms with Crippen molar-refractivity contribution >= 4 is 5.82 Å². The zero-order valence-corrected chi connectivity index (χ0v) is 8.53. The van der Waals surface area contributed by atoms with E-state index >= 15 is 0 Å². The van der Waals surface area contributed by atoms with E-state index in [9.17, 15) is 4.39 Å². The van der Waals surface area contributed by atoms with E-state index in [4.69, 9.17) is 0 Å². The largest absolute Gasteiger partial charge is 0.373 e. The predicted molar refractivity (Wildman–Crippen MR) is 55.9 cm³/mol. The van der Waals surface area contributed by atoms with Crippen LogP contribution in [0.15, 0.2) is 24.4 Å². The zero-order chi connectivity index (χ0) is 10.8. The fourth-order valence-corrected chi connectivity index (χ4v) is 1.36. The Labute approximate surface area is 86.8 Å². The average molecular weight is 206 g/mol. The first kappa shape index (κ1) is 9.64. The smallest absolute Gasteiger partial charge is 0.242 e. The molecule has 2 aromatic heterocycles. The standard InChI is InChI=1S/C10H11FN4/c1-12-9-5-3-4-8(13-9)7-6-15(2)14-10(7)11/h3-6H,1-2H3,(H,12,13). The lowest BCUT2D eigenvalue weighted by Crippen LogP contribution is -1.93. The summed E-state index contributed by atoms with van der Waals surface area (Å²) < 4.78 is 14.8. The van der Waals surface area contributed by atoms with Crippen molar-refractivity contribution in [1.82, 2.24) is 14.8 Å². The van der Waals surface area contributed by atoms with E-state index in [1.807, 2.05) is 12.1 Å². The first-order valence-corrected chi connectivity index (χ1v) is 4.55. The molecule has 2 heterocycles. The molecule has 0 radical (unpaired) electrons. The molecule has 2 aromatic rings. The number of aromatic nitrogens is 3. The molecule has 0 atom stereocenters. The van der Waals surface area contributed by atoms with Crippen molar-refractivity contribution in [2.45, 2.75) is 0 Å². The zero-order valence-electron chi connectivity index (χ0n) is 8.53. The second-order valence-electron chi connectivity index (χ2n) is 3.17. The fraction of sp³-hybridized carbons (Fsp3) is 0.200. The fourth-order valence-electron chi connectivity index (χ4n) is 1.36. The predicted octanol–water partition coefficient (Wildman–Crippen LogP) is 1.66. The molecule has 0 fully saturated rings. The summed E-state index contributed by atoms with van der Waals surface area (Å²) in [5, 5.41) is 6.54. The molecule has 0 saturated carbocycles. The van der Waals surface area contributed by atoms with Crippen molar-refractivity contribution in [3.05, 3.63) is 30.3 Å². The van der Waals surface area contributed by atoms with Crippen LogP contribution in [0, 0.1) is 5.95 Å². The Hall–Kier alpha value is -1.91. The first-order chi connectivity index (χ1) is 7.20. The number of rotatable bonds is 2. The monoisotopic (exact) mass is 206 g/mol. The summed E-state index contributed by atoms with van der Waals surface area (Å²) in [6.45, 7) is 0. The summed E-state index contributed by atoms with van der Waals surface area (Å²) in [4.78, 5) is 4.23. The molecule has 0 unspecified atom stereocenters. The van der Waals surface area contributed by atoms with Crippen molar-refractivity contribution < 1.29 is 4.39 Å². The normalized spacial score (nSPS) is 10.3. The third-order valence-electron chi connectivity index (χ3n) is 2.06. The summed E-state index contributed by atoms with van der Waals surface area (Å²) >= 11 is 0. The minimum absolute atomic E-state index is 0.412. The maximum absolute atomic E-state index is 13.3. The SMILES string of the molecule is CNc1cccc(-c2cn(C)nc2F)n1. The van der Waals surface area contributed by atoms with Crippen LogP contribution in [0.1, 0.15) is 0 Å². The van der Waals surface area contributed by atoms with Crippen LogP contribution in [-0.2, 0) is 7.05 Å². The van der Waals surface area contributed by atoms with Crippen LogP contribution in [-0.4, -0.2) is 21.8 Å². The summed E-state index contributed by atoms with van der Waals surface area (Å²) in [6, 6.07) is 5.39. The van der Waals surface area contributed by atoms with Gasteiger partial charge in [0.15, 0.2) is 0 Å². The molecular weight excluding hydrogens is 195 g/mol. The van der Waals surface area contributed by atoms with Crippen molar-refractivity contribution in [3.8, 4) is 11.3 Å². The Morgan fingerprint density at radius 2 is 2.20 bits per heavy atom. The Balaban J connectivity index is 2.49. The Morgan fingerprint density at radius 3 is 2.80 bits per heavy atom. The maximum Gasteiger partial charge on any atom is 0.242 e. The van der Waals surface area contributed by atoms with Gasteiger partial charge < -0.3 is 5.32 Å². The summed E-state index contributed by atoms with van der Waals surface area (Å²) in [5.41, 5.74) is 0.988. The van der Waals surface area contributed by atoms with Gasteiger partial charge in [-0.1, -0.05) is 6.07 Å². The highest BCUT2D eigenvalue weighted by molar-refractivity contribution is 5.60. The van der Waals surface area contributed by atoms with E-state index in [2.05, 4.69) is 15.4 Å². The lowest BCUT2D eigenvalue weighted by molar-refractivity contribution is 0.555. The van der Waals surface area contributed by atoms with Gasteiger partial charge in [-0.05, 0) is 12.1 Å². The van der Waals surface area contributed by atoms with Gasteiger partial charge in [-0.25, -0.2) is 4.98 Å². The van der Waals surface area contributed by atoms with Gasteiger partial charge in [0.05, 0.1) is 11.3 Å². The third kappa shape index (κ3) is 1.81. The minimum Gasteiger partial charge on any atom is -0.373 e. The molecule has 0 amide bonds. The van der Waals surface area contributed by atoms with E-state index in [-0.39, 0.29) is 0 Å². The lowest BCUT2D eigenvalue weighted by Gasteiger charge is -2.01. The molecule has 0 spiro atoms. The molecular formula is C10H11FN4. The van der Waals surface area contributed by atoms with E-state index in [1.165, 1.54) is 4.68 Å². The molecule has 1 N–H and O–H groups in total. The molecule has 15 heavy (non-hydrogen) atoms. The number of anilines is 1. The van der Waals surface area contributed by atoms with Gasteiger partial charge in [-0.15, -0.1) is 5.10 Å². The Morgan fingerprint density at radius 1 is 1.40 bits per heavy atom. The minimum atomic E-state index is -0.502. The van der Waals surface area contributed by atoms with Crippen LogP contribution in [0.3, 0.4) is 0 Å². The maximum atomic E-state index is 13.3. The van der Waals surface area contributed by atoms with Gasteiger partial charge in [0.2, 0.25) is 5.95 Å². The van der Waals surface area contributed by atoms with Crippen molar-refractivity contribution in [2.75, 3.05) is 12.4 Å². The number of nitrogens with one attached hydrogen (secondary N) is 1. The second kappa shape index (κ2) is 3.68. The van der Waals surface area contributed by atoms with Gasteiger partial charge in [0.25, 0.3) is 0 Å². The van der Waals surface area contributed by atoms with Crippen LogP contribution in [0.4, 0.5) is 10.2 Å². The topological polar surface area (TPSA) is 42.7 Å². The van der Waals surface area contributed by atoms with Crippen LogP contribution in [0.5, 0.6) is 0 Å². The van der Waals surface area contributed by atoms with Crippen LogP contribution < -0.4 is 5.32 Å². The molecule has 5 heteroatoms. The highest BCUT2D eigenvalue weighted by atomic mass is 19.1. The second-order valence-corrected chi connectivity index (χ2v) is 3.17. The molecule has 4 nitrogen and oxygen atoms in total. The number of hydrogen-bond acceptors (Lipinski definition) is 3. The molecule has 0 aromatic carbocycles. The van der Waals surface area contributed by atoms with Gasteiger partial charge in [-0.3, -0.25) is 4.68 Å². The number of pyridine rings is 1. The van der Waals surface area contributed by atoms with Gasteiger partial charge >= 0.3 is 0 Å². The lowest BCUT2D eigenvalue weighted by atomic mass is 10.2. The van der Waals surface area contributed by atoms with E-state index < -0.39 is 5.95 Å². The molecule has 0 bridgehead atoms. The molecule has 0 aliphatic rings. The van der Waals surface area contributed by atoms with Crippen LogP contribution in [0.25, 0.3) is 11.3 Å². The van der Waals surface area contributed by atoms with Crippen LogP contribution >= 0.6 is 0 Å². The van der Waals surface area contributed by atoms with Crippen molar-refractivity contribution in [2.24, 2.45) is 7.05 Å². The van der Waals surface area contributed by atoms with Crippen LogP contribution in [0.2, 0.25) is 0 Å². The molecule has 0 aliphatic carbocycles. The number of aryl methyl sites for hydroxylation is 1. The molecule has 78 valence electrons. The van der Waals surface area contributed by atoms with Gasteiger partial charge in [-0.2, -0.15) is 4.39 Å². The quantitative estimate of drug-likeness (QED) is 0.812. The average Bonchev–Trinajstić information content (AvgIpc) is 2.58. The van der Waals surface area contributed by atoms with Gasteiger partial charge in [0, 0.05) is 20.3 Å². The number of nitrogens with zero attached hydrogens (tertiary/aromatic N) is 3. The number of hydrogen-bond donors (Lipinski definition) is 1. The number of halogens is 1. The van der Waals surface area contributed by atoms with E-state index in [1.54, 1.807) is 26.4 Å². The first-order valence-electron chi connectivity index (χ1n) is 4.55.